The third kappa shape index (κ3) is 4.87. The number of ether oxygens (including phenoxy) is 1. The van der Waals surface area contributed by atoms with E-state index in [4.69, 9.17) is 4.74 Å². The van der Waals surface area contributed by atoms with Crippen LogP contribution < -0.4 is 10.6 Å². The minimum absolute atomic E-state index is 0.0641. The highest BCUT2D eigenvalue weighted by Crippen LogP contribution is 2.45. The van der Waals surface area contributed by atoms with Gasteiger partial charge in [-0.1, -0.05) is 62.4 Å². The molecular formula is C26H30N2O5. The Kier molecular flexibility index (Phi) is 6.40. The number of carbonyl (C=O) groups excluding carboxylic acids is 2. The van der Waals surface area contributed by atoms with E-state index in [-0.39, 0.29) is 30.9 Å². The molecule has 0 heterocycles. The molecule has 7 nitrogen and oxygen atoms in total. The van der Waals surface area contributed by atoms with E-state index in [0.29, 0.717) is 19.3 Å². The van der Waals surface area contributed by atoms with Crippen molar-refractivity contribution in [2.24, 2.45) is 11.3 Å². The Morgan fingerprint density at radius 3 is 2.12 bits per heavy atom. The summed E-state index contributed by atoms with van der Waals surface area (Å²) in [6.07, 6.45) is 0.877. The van der Waals surface area contributed by atoms with Gasteiger partial charge in [0.25, 0.3) is 0 Å². The van der Waals surface area contributed by atoms with Crippen molar-refractivity contribution in [2.75, 3.05) is 13.2 Å². The first-order valence-electron chi connectivity index (χ1n) is 11.4. The highest BCUT2D eigenvalue weighted by Gasteiger charge is 2.50. The highest BCUT2D eigenvalue weighted by atomic mass is 16.5. The van der Waals surface area contributed by atoms with Crippen molar-refractivity contribution in [3.63, 3.8) is 0 Å². The predicted molar refractivity (Wildman–Crippen MR) is 124 cm³/mol. The molecule has 33 heavy (non-hydrogen) atoms. The normalized spacial score (nSPS) is 16.5. The first kappa shape index (κ1) is 22.8. The van der Waals surface area contributed by atoms with Crippen LogP contribution in [0, 0.1) is 11.3 Å². The molecule has 2 aromatic rings. The summed E-state index contributed by atoms with van der Waals surface area (Å²) in [5.41, 5.74) is 3.66. The second-order valence-electron chi connectivity index (χ2n) is 9.46. The van der Waals surface area contributed by atoms with Crippen LogP contribution in [0.4, 0.5) is 4.79 Å². The largest absolute Gasteiger partial charge is 0.481 e. The van der Waals surface area contributed by atoms with Crippen LogP contribution in [-0.4, -0.2) is 42.3 Å². The molecule has 1 unspecified atom stereocenters. The molecule has 1 atom stereocenters. The third-order valence-corrected chi connectivity index (χ3v) is 6.57. The van der Waals surface area contributed by atoms with E-state index in [1.54, 1.807) is 0 Å². The number of nitrogens with one attached hydrogen (secondary N) is 2. The van der Waals surface area contributed by atoms with Gasteiger partial charge in [0, 0.05) is 12.5 Å². The lowest BCUT2D eigenvalue weighted by Gasteiger charge is -2.22. The third-order valence-electron chi connectivity index (χ3n) is 6.57. The lowest BCUT2D eigenvalue weighted by atomic mass is 9.98. The number of carboxylic acid groups (broad SMARTS) is 1. The molecule has 7 heteroatoms. The summed E-state index contributed by atoms with van der Waals surface area (Å²) in [6.45, 7) is 4.15. The van der Waals surface area contributed by atoms with Crippen LogP contribution in [-0.2, 0) is 14.3 Å². The monoisotopic (exact) mass is 450 g/mol. The van der Waals surface area contributed by atoms with Crippen molar-refractivity contribution in [3.05, 3.63) is 59.7 Å². The molecule has 0 aliphatic heterocycles. The molecular weight excluding hydrogens is 420 g/mol. The quantitative estimate of drug-likeness (QED) is 0.537. The fraction of sp³-hybridized carbons (Fsp3) is 0.423. The number of benzene rings is 2. The van der Waals surface area contributed by atoms with E-state index in [1.807, 2.05) is 50.2 Å². The summed E-state index contributed by atoms with van der Waals surface area (Å²) in [5.74, 6) is -1.19. The zero-order valence-corrected chi connectivity index (χ0v) is 19.0. The number of hydrogen-bond donors (Lipinski definition) is 3. The Hall–Kier alpha value is -3.35. The molecule has 0 bridgehead atoms. The maximum atomic E-state index is 12.7. The van der Waals surface area contributed by atoms with Crippen molar-refractivity contribution in [1.29, 1.82) is 0 Å². The molecule has 1 fully saturated rings. The van der Waals surface area contributed by atoms with Gasteiger partial charge in [-0.15, -0.1) is 0 Å². The molecule has 0 saturated heterocycles. The Morgan fingerprint density at radius 1 is 1.03 bits per heavy atom. The van der Waals surface area contributed by atoms with Gasteiger partial charge in [-0.05, 0) is 47.4 Å². The Morgan fingerprint density at radius 2 is 1.61 bits per heavy atom. The van der Waals surface area contributed by atoms with Gasteiger partial charge in [-0.3, -0.25) is 9.59 Å². The summed E-state index contributed by atoms with van der Waals surface area (Å²) in [6, 6.07) is 15.4. The fourth-order valence-electron chi connectivity index (χ4n) is 4.48. The van der Waals surface area contributed by atoms with Gasteiger partial charge in [0.1, 0.15) is 12.6 Å². The molecule has 0 radical (unpaired) electrons. The zero-order chi connectivity index (χ0) is 23.6. The summed E-state index contributed by atoms with van der Waals surface area (Å²) in [7, 11) is 0. The predicted octanol–water partition coefficient (Wildman–Crippen LogP) is 3.92. The van der Waals surface area contributed by atoms with Gasteiger partial charge in [0.05, 0.1) is 5.41 Å². The van der Waals surface area contributed by atoms with E-state index in [0.717, 1.165) is 22.3 Å². The van der Waals surface area contributed by atoms with Crippen LogP contribution in [0.25, 0.3) is 11.1 Å². The second kappa shape index (κ2) is 9.25. The van der Waals surface area contributed by atoms with Gasteiger partial charge in [-0.2, -0.15) is 0 Å². The van der Waals surface area contributed by atoms with Crippen LogP contribution in [0.5, 0.6) is 0 Å². The van der Waals surface area contributed by atoms with Crippen LogP contribution in [0.3, 0.4) is 0 Å². The molecule has 2 aliphatic rings. The summed E-state index contributed by atoms with van der Waals surface area (Å²) in [4.78, 5) is 36.7. The Bertz CT molecular complexity index is 1010. The van der Waals surface area contributed by atoms with Crippen molar-refractivity contribution >= 4 is 18.0 Å². The first-order valence-corrected chi connectivity index (χ1v) is 11.4. The van der Waals surface area contributed by atoms with Crippen molar-refractivity contribution in [1.82, 2.24) is 10.6 Å². The average Bonchev–Trinajstić information content (AvgIpc) is 3.52. The Labute approximate surface area is 193 Å². The van der Waals surface area contributed by atoms with Crippen LogP contribution in [0.1, 0.15) is 50.2 Å². The van der Waals surface area contributed by atoms with Gasteiger partial charge in [0.2, 0.25) is 5.91 Å². The topological polar surface area (TPSA) is 105 Å². The van der Waals surface area contributed by atoms with Crippen molar-refractivity contribution < 1.29 is 24.2 Å². The van der Waals surface area contributed by atoms with Crippen molar-refractivity contribution in [2.45, 2.75) is 45.1 Å². The van der Waals surface area contributed by atoms with Crippen molar-refractivity contribution in [3.8, 4) is 11.1 Å². The van der Waals surface area contributed by atoms with Gasteiger partial charge >= 0.3 is 12.1 Å². The molecule has 174 valence electrons. The van der Waals surface area contributed by atoms with Crippen LogP contribution >= 0.6 is 0 Å². The number of alkyl carbamates (subject to hydrolysis) is 1. The average molecular weight is 451 g/mol. The smallest absolute Gasteiger partial charge is 0.407 e. The number of rotatable bonds is 9. The number of carboxylic acids is 1. The summed E-state index contributed by atoms with van der Waals surface area (Å²) < 4.78 is 5.57. The van der Waals surface area contributed by atoms with E-state index >= 15 is 0 Å². The molecule has 2 aliphatic carbocycles. The maximum Gasteiger partial charge on any atom is 0.407 e. The first-order chi connectivity index (χ1) is 15.8. The molecule has 0 aromatic heterocycles. The maximum absolute atomic E-state index is 12.7. The van der Waals surface area contributed by atoms with E-state index in [1.165, 1.54) is 0 Å². The summed E-state index contributed by atoms with van der Waals surface area (Å²) >= 11 is 0. The molecule has 1 saturated carbocycles. The van der Waals surface area contributed by atoms with E-state index in [9.17, 15) is 19.5 Å². The standard InChI is InChI=1S/C26H30N2O5/c1-16(2)13-22(23(29)27-15-26(11-12-26)24(30)31)28-25(32)33-14-21-19-9-5-3-7-17(19)18-8-4-6-10-20(18)21/h3-10,16,21-22H,11-15H2,1-2H3,(H,27,29)(H,28,32)(H,30,31). The minimum Gasteiger partial charge on any atom is -0.481 e. The molecule has 3 N–H and O–H groups in total. The number of fused-ring (bicyclic) bond motifs is 3. The second-order valence-corrected chi connectivity index (χ2v) is 9.46. The molecule has 0 spiro atoms. The van der Waals surface area contributed by atoms with Gasteiger partial charge in [-0.25, -0.2) is 4.79 Å². The van der Waals surface area contributed by atoms with E-state index < -0.39 is 23.5 Å². The lowest BCUT2D eigenvalue weighted by Crippen LogP contribution is -2.49. The fourth-order valence-corrected chi connectivity index (χ4v) is 4.48. The van der Waals surface area contributed by atoms with Gasteiger partial charge in [0.15, 0.2) is 0 Å². The minimum atomic E-state index is -0.896. The lowest BCUT2D eigenvalue weighted by molar-refractivity contribution is -0.143. The molecule has 2 amide bonds. The Balaban J connectivity index is 1.38. The number of hydrogen-bond acceptors (Lipinski definition) is 4. The van der Waals surface area contributed by atoms with Gasteiger partial charge < -0.3 is 20.5 Å². The van der Waals surface area contributed by atoms with Crippen LogP contribution in [0.2, 0.25) is 0 Å². The number of amides is 2. The van der Waals surface area contributed by atoms with Crippen LogP contribution in [0.15, 0.2) is 48.5 Å². The zero-order valence-electron chi connectivity index (χ0n) is 19.0. The number of carbonyl (C=O) groups is 3. The SMILES string of the molecule is CC(C)CC(NC(=O)OCC1c2ccccc2-c2ccccc21)C(=O)NCC1(C(=O)O)CC1. The number of aliphatic carboxylic acids is 1. The van der Waals surface area contributed by atoms with E-state index in [2.05, 4.69) is 22.8 Å². The summed E-state index contributed by atoms with van der Waals surface area (Å²) in [5, 5.41) is 14.7. The molecule has 4 rings (SSSR count). The highest BCUT2D eigenvalue weighted by molar-refractivity contribution is 5.87. The molecule has 2 aromatic carbocycles.